The standard InChI is InChI=1S/C7H8ClNO2S2/c8-6-3-9-7(12-6)5-1-2-13(10,11)4-5/h3,5H,1-2,4H2. The van der Waals surface area contributed by atoms with E-state index in [0.717, 1.165) is 5.01 Å². The molecule has 1 atom stereocenters. The first-order valence-electron chi connectivity index (χ1n) is 3.88. The van der Waals surface area contributed by atoms with Crippen molar-refractivity contribution in [3.05, 3.63) is 15.5 Å². The van der Waals surface area contributed by atoms with E-state index in [1.807, 2.05) is 0 Å². The van der Waals surface area contributed by atoms with Crippen LogP contribution in [0.5, 0.6) is 0 Å². The van der Waals surface area contributed by atoms with Gasteiger partial charge in [0.1, 0.15) is 4.34 Å². The summed E-state index contributed by atoms with van der Waals surface area (Å²) in [6, 6.07) is 0. The molecule has 3 nitrogen and oxygen atoms in total. The molecule has 2 rings (SSSR count). The topological polar surface area (TPSA) is 47.0 Å². The van der Waals surface area contributed by atoms with E-state index in [9.17, 15) is 8.42 Å². The van der Waals surface area contributed by atoms with Gasteiger partial charge < -0.3 is 0 Å². The minimum atomic E-state index is -2.81. The van der Waals surface area contributed by atoms with Crippen molar-refractivity contribution < 1.29 is 8.42 Å². The van der Waals surface area contributed by atoms with Crippen LogP contribution >= 0.6 is 22.9 Å². The minimum absolute atomic E-state index is 0.0718. The van der Waals surface area contributed by atoms with Crippen molar-refractivity contribution in [2.75, 3.05) is 11.5 Å². The monoisotopic (exact) mass is 237 g/mol. The number of hydrogen-bond donors (Lipinski definition) is 0. The van der Waals surface area contributed by atoms with Crippen LogP contribution < -0.4 is 0 Å². The summed E-state index contributed by atoms with van der Waals surface area (Å²) in [6.45, 7) is 0. The van der Waals surface area contributed by atoms with Crippen molar-refractivity contribution in [2.45, 2.75) is 12.3 Å². The van der Waals surface area contributed by atoms with E-state index in [1.165, 1.54) is 11.3 Å². The second kappa shape index (κ2) is 3.22. The molecule has 0 N–H and O–H groups in total. The molecule has 1 aromatic rings. The summed E-state index contributed by atoms with van der Waals surface area (Å²) in [6.07, 6.45) is 2.26. The molecule has 1 aliphatic heterocycles. The number of rotatable bonds is 1. The van der Waals surface area contributed by atoms with Gasteiger partial charge in [0.15, 0.2) is 9.84 Å². The molecule has 1 aliphatic rings. The lowest BCUT2D eigenvalue weighted by Crippen LogP contribution is -2.03. The van der Waals surface area contributed by atoms with Crippen molar-refractivity contribution >= 4 is 32.8 Å². The Morgan fingerprint density at radius 1 is 1.62 bits per heavy atom. The number of thiazole rings is 1. The van der Waals surface area contributed by atoms with Crippen LogP contribution in [0.1, 0.15) is 17.3 Å². The number of aromatic nitrogens is 1. The summed E-state index contributed by atoms with van der Waals surface area (Å²) < 4.78 is 23.0. The summed E-state index contributed by atoms with van der Waals surface area (Å²) in [5.74, 6) is 0.591. The fourth-order valence-corrected chi connectivity index (χ4v) is 4.36. The third kappa shape index (κ3) is 2.03. The fourth-order valence-electron chi connectivity index (χ4n) is 1.45. The normalized spacial score (nSPS) is 26.4. The van der Waals surface area contributed by atoms with Crippen molar-refractivity contribution in [1.82, 2.24) is 4.98 Å². The summed E-state index contributed by atoms with van der Waals surface area (Å²) in [4.78, 5) is 4.09. The lowest BCUT2D eigenvalue weighted by atomic mass is 10.1. The largest absolute Gasteiger partial charge is 0.248 e. The third-order valence-electron chi connectivity index (χ3n) is 2.08. The lowest BCUT2D eigenvalue weighted by Gasteiger charge is -2.00. The van der Waals surface area contributed by atoms with Gasteiger partial charge in [-0.3, -0.25) is 0 Å². The zero-order valence-corrected chi connectivity index (χ0v) is 9.12. The third-order valence-corrected chi connectivity index (χ3v) is 5.12. The Bertz CT molecular complexity index is 412. The van der Waals surface area contributed by atoms with E-state index in [2.05, 4.69) is 4.98 Å². The van der Waals surface area contributed by atoms with Crippen LogP contribution in [0.25, 0.3) is 0 Å². The van der Waals surface area contributed by atoms with Crippen LogP contribution in [0.4, 0.5) is 0 Å². The summed E-state index contributed by atoms with van der Waals surface area (Å²) in [7, 11) is -2.81. The van der Waals surface area contributed by atoms with Gasteiger partial charge in [0, 0.05) is 5.92 Å². The number of nitrogens with zero attached hydrogens (tertiary/aromatic N) is 1. The molecular formula is C7H8ClNO2S2. The molecule has 72 valence electrons. The van der Waals surface area contributed by atoms with Crippen molar-refractivity contribution in [1.29, 1.82) is 0 Å². The molecule has 2 heterocycles. The Morgan fingerprint density at radius 3 is 2.85 bits per heavy atom. The minimum Gasteiger partial charge on any atom is -0.248 e. The fraction of sp³-hybridized carbons (Fsp3) is 0.571. The molecule has 1 aromatic heterocycles. The maximum absolute atomic E-state index is 11.2. The van der Waals surface area contributed by atoms with Gasteiger partial charge in [-0.05, 0) is 6.42 Å². The van der Waals surface area contributed by atoms with Gasteiger partial charge >= 0.3 is 0 Å². The van der Waals surface area contributed by atoms with Gasteiger partial charge in [-0.2, -0.15) is 0 Å². The molecule has 0 aromatic carbocycles. The average Bonchev–Trinajstić information content (AvgIpc) is 2.56. The first kappa shape index (κ1) is 9.43. The van der Waals surface area contributed by atoms with E-state index in [-0.39, 0.29) is 17.4 Å². The average molecular weight is 238 g/mol. The molecule has 1 fully saturated rings. The van der Waals surface area contributed by atoms with Gasteiger partial charge in [0.2, 0.25) is 0 Å². The highest BCUT2D eigenvalue weighted by Crippen LogP contribution is 2.32. The Balaban J connectivity index is 2.21. The van der Waals surface area contributed by atoms with Crippen molar-refractivity contribution in [3.63, 3.8) is 0 Å². The highest BCUT2D eigenvalue weighted by Gasteiger charge is 2.30. The van der Waals surface area contributed by atoms with E-state index < -0.39 is 9.84 Å². The molecule has 0 amide bonds. The zero-order valence-electron chi connectivity index (χ0n) is 6.73. The molecule has 0 spiro atoms. The zero-order chi connectivity index (χ0) is 9.47. The van der Waals surface area contributed by atoms with Crippen LogP contribution in [0.2, 0.25) is 4.34 Å². The first-order valence-corrected chi connectivity index (χ1v) is 6.90. The molecule has 0 aliphatic carbocycles. The first-order chi connectivity index (χ1) is 6.07. The molecule has 0 bridgehead atoms. The van der Waals surface area contributed by atoms with Crippen LogP contribution in [-0.4, -0.2) is 24.9 Å². The molecule has 1 saturated heterocycles. The number of halogens is 1. The smallest absolute Gasteiger partial charge is 0.151 e. The van der Waals surface area contributed by atoms with Crippen LogP contribution in [0.15, 0.2) is 6.20 Å². The van der Waals surface area contributed by atoms with Gasteiger partial charge in [0.05, 0.1) is 22.7 Å². The summed E-state index contributed by atoms with van der Waals surface area (Å²) in [5, 5.41) is 0.853. The second-order valence-corrected chi connectivity index (χ2v) is 7.02. The van der Waals surface area contributed by atoms with E-state index in [4.69, 9.17) is 11.6 Å². The lowest BCUT2D eigenvalue weighted by molar-refractivity contribution is 0.601. The number of sulfone groups is 1. The molecule has 13 heavy (non-hydrogen) atoms. The van der Waals surface area contributed by atoms with Crippen molar-refractivity contribution in [3.8, 4) is 0 Å². The quantitative estimate of drug-likeness (QED) is 0.747. The maximum Gasteiger partial charge on any atom is 0.151 e. The maximum atomic E-state index is 11.2. The number of hydrogen-bond acceptors (Lipinski definition) is 4. The van der Waals surface area contributed by atoms with Crippen LogP contribution in [-0.2, 0) is 9.84 Å². The molecule has 0 saturated carbocycles. The van der Waals surface area contributed by atoms with Crippen LogP contribution in [0, 0.1) is 0 Å². The van der Waals surface area contributed by atoms with E-state index >= 15 is 0 Å². The molecule has 6 heteroatoms. The SMILES string of the molecule is O=S1(=O)CCC(c2ncc(Cl)s2)C1. The second-order valence-electron chi connectivity index (χ2n) is 3.10. The predicted octanol–water partition coefficient (Wildman–Crippen LogP) is 1.70. The summed E-state index contributed by atoms with van der Waals surface area (Å²) >= 11 is 7.09. The Hall–Kier alpha value is -0.130. The molecular weight excluding hydrogens is 230 g/mol. The van der Waals surface area contributed by atoms with Gasteiger partial charge in [-0.1, -0.05) is 11.6 Å². The van der Waals surface area contributed by atoms with Crippen LogP contribution in [0.3, 0.4) is 0 Å². The van der Waals surface area contributed by atoms with Gasteiger partial charge in [-0.15, -0.1) is 11.3 Å². The van der Waals surface area contributed by atoms with Gasteiger partial charge in [0.25, 0.3) is 0 Å². The Kier molecular flexibility index (Phi) is 2.33. The van der Waals surface area contributed by atoms with E-state index in [0.29, 0.717) is 10.8 Å². The van der Waals surface area contributed by atoms with Crippen molar-refractivity contribution in [2.24, 2.45) is 0 Å². The predicted molar refractivity (Wildman–Crippen MR) is 53.1 cm³/mol. The molecule has 1 unspecified atom stereocenters. The Morgan fingerprint density at radius 2 is 2.38 bits per heavy atom. The summed E-state index contributed by atoms with van der Waals surface area (Å²) in [5.41, 5.74) is 0. The molecule has 0 radical (unpaired) electrons. The Labute approximate surface area is 85.7 Å². The highest BCUT2D eigenvalue weighted by molar-refractivity contribution is 7.91. The highest BCUT2D eigenvalue weighted by atomic mass is 35.5. The van der Waals surface area contributed by atoms with Gasteiger partial charge in [-0.25, -0.2) is 13.4 Å². The van der Waals surface area contributed by atoms with E-state index in [1.54, 1.807) is 6.20 Å².